The fourth-order valence-corrected chi connectivity index (χ4v) is 10.7. The van der Waals surface area contributed by atoms with Crippen molar-refractivity contribution in [3.05, 3.63) is 166 Å². The third kappa shape index (κ3) is 8.14. The highest BCUT2D eigenvalue weighted by molar-refractivity contribution is 7.93. The Labute approximate surface area is 347 Å². The van der Waals surface area contributed by atoms with Crippen LogP contribution in [0.1, 0.15) is 54.1 Å². The van der Waals surface area contributed by atoms with Gasteiger partial charge in [-0.1, -0.05) is 70.8 Å². The van der Waals surface area contributed by atoms with Crippen LogP contribution in [0.2, 0.25) is 0 Å². The Morgan fingerprint density at radius 1 is 0.350 bits per heavy atom. The van der Waals surface area contributed by atoms with E-state index in [1.54, 1.807) is 76.2 Å². The molecule has 0 spiro atoms. The summed E-state index contributed by atoms with van der Waals surface area (Å²) in [4.78, 5) is 29.4. The van der Waals surface area contributed by atoms with Crippen molar-refractivity contribution >= 4 is 74.4 Å². The summed E-state index contributed by atoms with van der Waals surface area (Å²) in [6.07, 6.45) is 0. The van der Waals surface area contributed by atoms with Crippen molar-refractivity contribution < 1.29 is 43.3 Å². The highest BCUT2D eigenvalue weighted by Gasteiger charge is 2.40. The molecule has 0 unspecified atom stereocenters. The predicted octanol–water partition coefficient (Wildman–Crippen LogP) is 6.90. The second-order valence-electron chi connectivity index (χ2n) is 14.2. The summed E-state index contributed by atoms with van der Waals surface area (Å²) in [5, 5.41) is 0. The van der Waals surface area contributed by atoms with Crippen molar-refractivity contribution in [2.24, 2.45) is 0 Å². The Bertz CT molecular complexity index is 2760. The summed E-state index contributed by atoms with van der Waals surface area (Å²) in [7, 11) is -17.9. The molecule has 0 atom stereocenters. The zero-order valence-electron chi connectivity index (χ0n) is 32.3. The number of fused-ring (bicyclic) bond motifs is 2. The van der Waals surface area contributed by atoms with Gasteiger partial charge < -0.3 is 0 Å². The molecule has 1 aliphatic carbocycles. The van der Waals surface area contributed by atoms with Crippen LogP contribution in [0.15, 0.2) is 141 Å². The summed E-state index contributed by atoms with van der Waals surface area (Å²) in [5.41, 5.74) is -1.35. The molecular weight excluding hydrogens is 851 g/mol. The largest absolute Gasteiger partial charge is 0.288 e. The normalized spacial score (nSPS) is 12.9. The average molecular weight is 887 g/mol. The topological polar surface area (TPSA) is 219 Å². The van der Waals surface area contributed by atoms with Gasteiger partial charge in [0.1, 0.15) is 0 Å². The Morgan fingerprint density at radius 2 is 0.567 bits per heavy atom. The number of carbonyl (C=O) groups is 2. The monoisotopic (exact) mass is 886 g/mol. The molecule has 0 saturated carbocycles. The van der Waals surface area contributed by atoms with Gasteiger partial charge in [-0.3, -0.25) is 28.5 Å². The van der Waals surface area contributed by atoms with Crippen molar-refractivity contribution in [2.45, 2.75) is 47.3 Å². The molecule has 0 bridgehead atoms. The molecule has 308 valence electrons. The van der Waals surface area contributed by atoms with E-state index >= 15 is 9.59 Å². The van der Waals surface area contributed by atoms with Gasteiger partial charge in [-0.25, -0.2) is 33.7 Å². The zero-order chi connectivity index (χ0) is 43.4. The van der Waals surface area contributed by atoms with E-state index in [0.29, 0.717) is 0 Å². The predicted molar refractivity (Wildman–Crippen MR) is 228 cm³/mol. The third-order valence-electron chi connectivity index (χ3n) is 9.62. The summed E-state index contributed by atoms with van der Waals surface area (Å²) in [5.74, 6) is -2.29. The van der Waals surface area contributed by atoms with Gasteiger partial charge in [-0.05, 0) is 100 Å². The van der Waals surface area contributed by atoms with E-state index < -0.39 is 96.7 Å². The molecule has 1 aliphatic rings. The lowest BCUT2D eigenvalue weighted by Crippen LogP contribution is -2.29. The van der Waals surface area contributed by atoms with Crippen LogP contribution in [0.25, 0.3) is 0 Å². The Hall–Kier alpha value is -6.34. The van der Waals surface area contributed by atoms with Crippen molar-refractivity contribution in [3.63, 3.8) is 0 Å². The molecule has 4 N–H and O–H groups in total. The quantitative estimate of drug-likeness (QED) is 0.0995. The lowest BCUT2D eigenvalue weighted by molar-refractivity contribution is 0.0981. The lowest BCUT2D eigenvalue weighted by Gasteiger charge is -2.27. The summed E-state index contributed by atoms with van der Waals surface area (Å²) in [6, 6.07) is 27.3. The molecule has 0 aromatic heterocycles. The molecule has 7 rings (SSSR count). The minimum atomic E-state index is -4.48. The van der Waals surface area contributed by atoms with Crippen molar-refractivity contribution in [3.8, 4) is 0 Å². The summed E-state index contributed by atoms with van der Waals surface area (Å²) < 4.78 is 120. The second kappa shape index (κ2) is 15.4. The van der Waals surface area contributed by atoms with Crippen LogP contribution in [0.3, 0.4) is 0 Å². The van der Waals surface area contributed by atoms with E-state index in [9.17, 15) is 33.7 Å². The fourth-order valence-electron chi connectivity index (χ4n) is 6.42. The smallest absolute Gasteiger partial charge is 0.261 e. The molecule has 0 aliphatic heterocycles. The highest BCUT2D eigenvalue weighted by Crippen LogP contribution is 2.43. The maximum atomic E-state index is 15.1. The summed E-state index contributed by atoms with van der Waals surface area (Å²) >= 11 is 0. The third-order valence-corrected chi connectivity index (χ3v) is 15.1. The van der Waals surface area contributed by atoms with Crippen LogP contribution in [-0.4, -0.2) is 45.2 Å². The van der Waals surface area contributed by atoms with Crippen LogP contribution >= 0.6 is 0 Å². The van der Waals surface area contributed by atoms with Gasteiger partial charge in [0.05, 0.1) is 64.6 Å². The van der Waals surface area contributed by atoms with Crippen LogP contribution in [0, 0.1) is 27.7 Å². The zero-order valence-corrected chi connectivity index (χ0v) is 35.5. The van der Waals surface area contributed by atoms with E-state index in [0.717, 1.165) is 46.5 Å². The molecule has 18 heteroatoms. The molecule has 0 radical (unpaired) electrons. The molecule has 0 heterocycles. The number of benzene rings is 6. The first kappa shape index (κ1) is 41.8. The molecule has 6 aromatic rings. The first-order valence-corrected chi connectivity index (χ1v) is 23.9. The van der Waals surface area contributed by atoms with Gasteiger partial charge in [-0.2, -0.15) is 0 Å². The number of anilines is 4. The second-order valence-corrected chi connectivity index (χ2v) is 20.9. The first-order chi connectivity index (χ1) is 28.2. The number of nitrogens with one attached hydrogen (secondary N) is 4. The molecule has 0 amide bonds. The van der Waals surface area contributed by atoms with Gasteiger partial charge in [0, 0.05) is 0 Å². The van der Waals surface area contributed by atoms with Gasteiger partial charge >= 0.3 is 0 Å². The fraction of sp³-hybridized carbons (Fsp3) is 0.0952. The van der Waals surface area contributed by atoms with E-state index in [1.807, 2.05) is 0 Å². The maximum absolute atomic E-state index is 15.1. The number of sulfonamides is 4. The van der Waals surface area contributed by atoms with Crippen LogP contribution in [0.4, 0.5) is 22.7 Å². The number of hydrogen-bond acceptors (Lipinski definition) is 10. The molecule has 0 fully saturated rings. The number of aryl methyl sites for hydroxylation is 4. The van der Waals surface area contributed by atoms with Gasteiger partial charge in [-0.15, -0.1) is 0 Å². The highest BCUT2D eigenvalue weighted by atomic mass is 32.2. The molecule has 0 saturated heterocycles. The summed E-state index contributed by atoms with van der Waals surface area (Å²) in [6.45, 7) is 6.99. The first-order valence-electron chi connectivity index (χ1n) is 18.0. The standard InChI is InChI=1S/C42H36N4O10S4/c1-25-5-13-29(14-6-25)57(49,50)43-33-21-22-34(44-58(51,52)30-15-7-26(2)8-16-30)38-37(33)41(47)39-35(45-59(53,54)31-17-9-27(3)10-18-31)23-24-36(40(39)42(38)48)46-60(55,56)32-19-11-28(4)12-20-32/h5-24,43-46H,1-4H3/i41+2. The van der Waals surface area contributed by atoms with Crippen LogP contribution in [0.5, 0.6) is 0 Å². The number of ketones is 2. The van der Waals surface area contributed by atoms with Gasteiger partial charge in [0.15, 0.2) is 11.6 Å². The van der Waals surface area contributed by atoms with Crippen LogP contribution < -0.4 is 18.9 Å². The number of hydrogen-bond donors (Lipinski definition) is 4. The van der Waals surface area contributed by atoms with Crippen molar-refractivity contribution in [1.82, 2.24) is 0 Å². The van der Waals surface area contributed by atoms with Gasteiger partial charge in [0.25, 0.3) is 40.1 Å². The van der Waals surface area contributed by atoms with Crippen molar-refractivity contribution in [2.75, 3.05) is 18.9 Å². The molecule has 14 nitrogen and oxygen atoms in total. The Balaban J connectivity index is 1.46. The lowest BCUT2D eigenvalue weighted by atomic mass is 9.91. The van der Waals surface area contributed by atoms with E-state index in [-0.39, 0.29) is 19.6 Å². The molecule has 6 aromatic carbocycles. The van der Waals surface area contributed by atoms with Crippen molar-refractivity contribution in [1.29, 1.82) is 0 Å². The Kier molecular flexibility index (Phi) is 10.7. The minimum absolute atomic E-state index is 0.208. The SMILES string of the molecule is Cc1ccc(S(=O)(=O)Nc2ccc(NS(=O)(=O)c3ccc(C)cc3)c3c2C(=O)c2c(NS(=O)(=O)c4ccc(C)cc4)ccc(NS(=O)(=O)c4ccc(C)cc4)c2[14C]3=O)cc1. The van der Waals surface area contributed by atoms with Crippen LogP contribution in [-0.2, 0) is 40.1 Å². The van der Waals surface area contributed by atoms with E-state index in [2.05, 4.69) is 18.9 Å². The molecular formula is C42H36N4O10S4. The molecule has 60 heavy (non-hydrogen) atoms. The Morgan fingerprint density at radius 3 is 0.817 bits per heavy atom. The van der Waals surface area contributed by atoms with Gasteiger partial charge in [0.2, 0.25) is 0 Å². The maximum Gasteiger partial charge on any atom is 0.261 e. The van der Waals surface area contributed by atoms with E-state index in [1.165, 1.54) is 48.5 Å². The number of rotatable bonds is 12. The van der Waals surface area contributed by atoms with E-state index in [4.69, 9.17) is 0 Å². The minimum Gasteiger partial charge on any atom is -0.288 e. The number of carbonyl (C=O) groups excluding carboxylic acids is 2. The average Bonchev–Trinajstić information content (AvgIpc) is 3.18.